The molecule has 2 rings (SSSR count). The zero-order valence-corrected chi connectivity index (χ0v) is 10.2. The SMILES string of the molecule is CNC(c1cncc(OC)c1)c1ccncc1F. The van der Waals surface area contributed by atoms with Crippen molar-refractivity contribution in [3.63, 3.8) is 0 Å². The van der Waals surface area contributed by atoms with Gasteiger partial charge in [0.05, 0.1) is 25.5 Å². The maximum Gasteiger partial charge on any atom is 0.146 e. The third-order valence-electron chi connectivity index (χ3n) is 2.71. The molecule has 18 heavy (non-hydrogen) atoms. The van der Waals surface area contributed by atoms with Gasteiger partial charge in [0.1, 0.15) is 11.6 Å². The zero-order chi connectivity index (χ0) is 13.0. The van der Waals surface area contributed by atoms with Gasteiger partial charge in [-0.1, -0.05) is 0 Å². The van der Waals surface area contributed by atoms with E-state index in [9.17, 15) is 4.39 Å². The number of hydrogen-bond acceptors (Lipinski definition) is 4. The lowest BCUT2D eigenvalue weighted by Crippen LogP contribution is -2.19. The number of ether oxygens (including phenoxy) is 1. The number of pyridine rings is 2. The largest absolute Gasteiger partial charge is 0.495 e. The maximum absolute atomic E-state index is 13.7. The van der Waals surface area contributed by atoms with Gasteiger partial charge in [0.25, 0.3) is 0 Å². The van der Waals surface area contributed by atoms with Gasteiger partial charge in [-0.25, -0.2) is 4.39 Å². The average molecular weight is 247 g/mol. The van der Waals surface area contributed by atoms with Crippen LogP contribution in [0.3, 0.4) is 0 Å². The fourth-order valence-corrected chi connectivity index (χ4v) is 1.83. The number of halogens is 1. The van der Waals surface area contributed by atoms with Crippen LogP contribution in [0.15, 0.2) is 36.9 Å². The van der Waals surface area contributed by atoms with Crippen LogP contribution in [-0.2, 0) is 0 Å². The standard InChI is InChI=1S/C13H14FN3O/c1-15-13(11-3-4-16-8-12(11)14)9-5-10(18-2)7-17-6-9/h3-8,13,15H,1-2H3. The van der Waals surface area contributed by atoms with Crippen LogP contribution in [0.4, 0.5) is 4.39 Å². The van der Waals surface area contributed by atoms with Crippen molar-refractivity contribution in [2.45, 2.75) is 6.04 Å². The molecule has 0 saturated carbocycles. The van der Waals surface area contributed by atoms with Crippen LogP contribution in [0, 0.1) is 5.82 Å². The van der Waals surface area contributed by atoms with Gasteiger partial charge in [-0.2, -0.15) is 0 Å². The number of nitrogens with zero attached hydrogens (tertiary/aromatic N) is 2. The molecule has 2 heterocycles. The summed E-state index contributed by atoms with van der Waals surface area (Å²) in [6, 6.07) is 3.19. The van der Waals surface area contributed by atoms with Gasteiger partial charge >= 0.3 is 0 Å². The lowest BCUT2D eigenvalue weighted by molar-refractivity contribution is 0.411. The minimum absolute atomic E-state index is 0.282. The number of methoxy groups -OCH3 is 1. The Hall–Kier alpha value is -2.01. The van der Waals surface area contributed by atoms with Crippen molar-refractivity contribution < 1.29 is 9.13 Å². The molecule has 0 aliphatic carbocycles. The van der Waals surface area contributed by atoms with Gasteiger partial charge in [-0.3, -0.25) is 9.97 Å². The molecule has 0 spiro atoms. The lowest BCUT2D eigenvalue weighted by atomic mass is 10.0. The van der Waals surface area contributed by atoms with E-state index in [-0.39, 0.29) is 11.9 Å². The van der Waals surface area contributed by atoms with E-state index in [1.807, 2.05) is 6.07 Å². The molecule has 94 valence electrons. The Morgan fingerprint density at radius 1 is 1.28 bits per heavy atom. The van der Waals surface area contributed by atoms with E-state index in [2.05, 4.69) is 15.3 Å². The topological polar surface area (TPSA) is 47.0 Å². The average Bonchev–Trinajstić information content (AvgIpc) is 2.42. The second kappa shape index (κ2) is 5.55. The second-order valence-electron chi connectivity index (χ2n) is 3.78. The fourth-order valence-electron chi connectivity index (χ4n) is 1.83. The number of nitrogens with one attached hydrogen (secondary N) is 1. The molecule has 1 N–H and O–H groups in total. The second-order valence-corrected chi connectivity index (χ2v) is 3.78. The Morgan fingerprint density at radius 2 is 2.11 bits per heavy atom. The minimum atomic E-state index is -0.348. The smallest absolute Gasteiger partial charge is 0.146 e. The van der Waals surface area contributed by atoms with Crippen LogP contribution in [-0.4, -0.2) is 24.1 Å². The van der Waals surface area contributed by atoms with Gasteiger partial charge in [0.2, 0.25) is 0 Å². The van der Waals surface area contributed by atoms with E-state index in [4.69, 9.17) is 4.74 Å². The quantitative estimate of drug-likeness (QED) is 0.896. The van der Waals surface area contributed by atoms with Crippen LogP contribution in [0.1, 0.15) is 17.2 Å². The van der Waals surface area contributed by atoms with Crippen molar-refractivity contribution in [1.29, 1.82) is 0 Å². The van der Waals surface area contributed by atoms with E-state index in [1.165, 1.54) is 6.20 Å². The predicted octanol–water partition coefficient (Wildman–Crippen LogP) is 1.93. The summed E-state index contributed by atoms with van der Waals surface area (Å²) in [5.41, 5.74) is 1.37. The first-order valence-corrected chi connectivity index (χ1v) is 5.52. The van der Waals surface area contributed by atoms with Crippen molar-refractivity contribution in [2.75, 3.05) is 14.2 Å². The van der Waals surface area contributed by atoms with Crippen LogP contribution in [0.5, 0.6) is 5.75 Å². The predicted molar refractivity (Wildman–Crippen MR) is 65.9 cm³/mol. The Labute approximate surface area is 105 Å². The minimum Gasteiger partial charge on any atom is -0.495 e. The van der Waals surface area contributed by atoms with Gasteiger partial charge in [-0.05, 0) is 24.7 Å². The molecule has 4 nitrogen and oxygen atoms in total. The van der Waals surface area contributed by atoms with Gasteiger partial charge in [-0.15, -0.1) is 0 Å². The van der Waals surface area contributed by atoms with Crippen molar-refractivity contribution in [1.82, 2.24) is 15.3 Å². The molecule has 1 unspecified atom stereocenters. The number of rotatable bonds is 4. The van der Waals surface area contributed by atoms with Crippen molar-refractivity contribution in [3.8, 4) is 5.75 Å². The van der Waals surface area contributed by atoms with Crippen molar-refractivity contribution in [2.24, 2.45) is 0 Å². The molecular formula is C13H14FN3O. The Balaban J connectivity index is 2.42. The summed E-state index contributed by atoms with van der Waals surface area (Å²) >= 11 is 0. The van der Waals surface area contributed by atoms with Crippen molar-refractivity contribution >= 4 is 0 Å². The van der Waals surface area contributed by atoms with Crippen LogP contribution in [0.2, 0.25) is 0 Å². The summed E-state index contributed by atoms with van der Waals surface area (Å²) in [4.78, 5) is 7.82. The highest BCUT2D eigenvalue weighted by Crippen LogP contribution is 2.25. The molecule has 0 saturated heterocycles. The Kier molecular flexibility index (Phi) is 3.84. The lowest BCUT2D eigenvalue weighted by Gasteiger charge is -2.17. The highest BCUT2D eigenvalue weighted by Gasteiger charge is 2.16. The molecule has 2 aromatic rings. The first kappa shape index (κ1) is 12.4. The Bertz CT molecular complexity index is 533. The molecule has 1 atom stereocenters. The summed E-state index contributed by atoms with van der Waals surface area (Å²) in [5.74, 6) is 0.293. The van der Waals surface area contributed by atoms with E-state index >= 15 is 0 Å². The van der Waals surface area contributed by atoms with Gasteiger partial charge in [0, 0.05) is 18.0 Å². The van der Waals surface area contributed by atoms with Crippen molar-refractivity contribution in [3.05, 3.63) is 53.9 Å². The molecular weight excluding hydrogens is 233 g/mol. The van der Waals surface area contributed by atoms with E-state index < -0.39 is 0 Å². The fraction of sp³-hybridized carbons (Fsp3) is 0.231. The molecule has 0 aliphatic heterocycles. The summed E-state index contributed by atoms with van der Waals surface area (Å²) in [6.45, 7) is 0. The summed E-state index contributed by atoms with van der Waals surface area (Å²) < 4.78 is 18.9. The highest BCUT2D eigenvalue weighted by molar-refractivity contribution is 5.33. The first-order valence-electron chi connectivity index (χ1n) is 5.52. The summed E-state index contributed by atoms with van der Waals surface area (Å²) in [5, 5.41) is 3.06. The van der Waals surface area contributed by atoms with Crippen LogP contribution >= 0.6 is 0 Å². The van der Waals surface area contributed by atoms with E-state index in [0.29, 0.717) is 11.3 Å². The monoisotopic (exact) mass is 247 g/mol. The number of aromatic nitrogens is 2. The molecule has 0 fully saturated rings. The molecule has 0 bridgehead atoms. The highest BCUT2D eigenvalue weighted by atomic mass is 19.1. The van der Waals surface area contributed by atoms with Crippen LogP contribution < -0.4 is 10.1 Å². The summed E-state index contributed by atoms with van der Waals surface area (Å²) in [6.07, 6.45) is 6.06. The van der Waals surface area contributed by atoms with Crippen LogP contribution in [0.25, 0.3) is 0 Å². The maximum atomic E-state index is 13.7. The molecule has 0 aromatic carbocycles. The molecule has 5 heteroatoms. The summed E-state index contributed by atoms with van der Waals surface area (Å²) in [7, 11) is 3.34. The zero-order valence-electron chi connectivity index (χ0n) is 10.2. The Morgan fingerprint density at radius 3 is 2.78 bits per heavy atom. The molecule has 0 amide bonds. The van der Waals surface area contributed by atoms with E-state index in [1.54, 1.807) is 38.8 Å². The first-order chi connectivity index (χ1) is 8.76. The number of hydrogen-bond donors (Lipinski definition) is 1. The van der Waals surface area contributed by atoms with Gasteiger partial charge in [0.15, 0.2) is 0 Å². The molecule has 0 radical (unpaired) electrons. The third-order valence-corrected chi connectivity index (χ3v) is 2.71. The molecule has 0 aliphatic rings. The van der Waals surface area contributed by atoms with Gasteiger partial charge < -0.3 is 10.1 Å². The van der Waals surface area contributed by atoms with E-state index in [0.717, 1.165) is 5.56 Å². The normalized spacial score (nSPS) is 12.2. The molecule has 2 aromatic heterocycles. The third kappa shape index (κ3) is 2.46.